The molecule has 0 saturated heterocycles. The van der Waals surface area contributed by atoms with Gasteiger partial charge in [-0.2, -0.15) is 0 Å². The van der Waals surface area contributed by atoms with Gasteiger partial charge in [-0.15, -0.1) is 17.5 Å². The van der Waals surface area contributed by atoms with E-state index in [1.807, 2.05) is 40.8 Å². The van der Waals surface area contributed by atoms with Crippen LogP contribution < -0.4 is 4.74 Å². The van der Waals surface area contributed by atoms with Gasteiger partial charge in [0.25, 0.3) is 0 Å². The maximum Gasteiger partial charge on any atom is 0.162 e. The molecule has 0 fully saturated rings. The van der Waals surface area contributed by atoms with Gasteiger partial charge in [0, 0.05) is 54.8 Å². The molecule has 1 N–H and O–H groups in total. The summed E-state index contributed by atoms with van der Waals surface area (Å²) in [5.74, 6) is 3.15. The minimum absolute atomic E-state index is 0. The van der Waals surface area contributed by atoms with Crippen LogP contribution in [0.5, 0.6) is 11.5 Å². The molecule has 1 aliphatic rings. The third-order valence-electron chi connectivity index (χ3n) is 9.35. The van der Waals surface area contributed by atoms with E-state index in [-0.39, 0.29) is 43.0 Å². The third kappa shape index (κ3) is 7.69. The predicted octanol–water partition coefficient (Wildman–Crippen LogP) is 11.5. The molecule has 0 saturated carbocycles. The Hall–Kier alpha value is -3.01. The van der Waals surface area contributed by atoms with Gasteiger partial charge in [-0.05, 0) is 67.0 Å². The van der Waals surface area contributed by atoms with Crippen molar-refractivity contribution in [3.8, 4) is 22.8 Å². The van der Waals surface area contributed by atoms with E-state index in [2.05, 4.69) is 76.2 Å². The monoisotopic (exact) mass is 785 g/mol. The summed E-state index contributed by atoms with van der Waals surface area (Å²) in [5, 5.41) is 14.6. The van der Waals surface area contributed by atoms with Crippen LogP contribution >= 0.6 is 0 Å². The number of fused-ring (bicyclic) bond motifs is 3. The molecule has 0 atom stereocenters. The number of aliphatic hydroxyl groups excluding tert-OH is 1. The first-order valence-corrected chi connectivity index (χ1v) is 16.5. The topological polar surface area (TPSA) is 59.4 Å². The van der Waals surface area contributed by atoms with Crippen molar-refractivity contribution in [2.75, 3.05) is 0 Å². The van der Waals surface area contributed by atoms with Crippen LogP contribution in [0, 0.1) is 23.3 Å². The number of benzene rings is 3. The number of hydrogen-bond donors (Lipinski definition) is 1. The summed E-state index contributed by atoms with van der Waals surface area (Å²) in [6.45, 7) is 19.0. The molecule has 0 aliphatic carbocycles. The van der Waals surface area contributed by atoms with Gasteiger partial charge in [-0.3, -0.25) is 9.78 Å². The van der Waals surface area contributed by atoms with Crippen molar-refractivity contribution in [3.63, 3.8) is 0 Å². The fourth-order valence-corrected chi connectivity index (χ4v) is 6.16. The van der Waals surface area contributed by atoms with Crippen molar-refractivity contribution in [2.24, 2.45) is 17.3 Å². The van der Waals surface area contributed by atoms with E-state index in [0.717, 1.165) is 65.6 Å². The van der Waals surface area contributed by atoms with E-state index in [0.29, 0.717) is 11.8 Å². The predicted molar refractivity (Wildman–Crippen MR) is 185 cm³/mol. The first-order chi connectivity index (χ1) is 21.0. The number of ether oxygens (including phenoxy) is 1. The van der Waals surface area contributed by atoms with E-state index in [1.54, 1.807) is 0 Å². The van der Waals surface area contributed by atoms with E-state index in [9.17, 15) is 9.90 Å². The van der Waals surface area contributed by atoms with Gasteiger partial charge >= 0.3 is 0 Å². The van der Waals surface area contributed by atoms with Crippen LogP contribution in [-0.2, 0) is 31.3 Å². The number of rotatable bonds is 10. The molecule has 4 aromatic rings. The Morgan fingerprint density at radius 3 is 2.29 bits per heavy atom. The van der Waals surface area contributed by atoms with Gasteiger partial charge in [0.1, 0.15) is 11.5 Å². The summed E-state index contributed by atoms with van der Waals surface area (Å²) < 4.78 is 6.60. The van der Waals surface area contributed by atoms with Crippen LogP contribution in [0.4, 0.5) is 0 Å². The fourth-order valence-electron chi connectivity index (χ4n) is 6.16. The molecule has 0 unspecified atom stereocenters. The average Bonchev–Trinajstić information content (AvgIpc) is 3.00. The molecule has 4 nitrogen and oxygen atoms in total. The number of nitrogens with zero attached hydrogens (tertiary/aromatic N) is 1. The van der Waals surface area contributed by atoms with Gasteiger partial charge in [-0.25, -0.2) is 0 Å². The second-order valence-corrected chi connectivity index (χ2v) is 13.2. The minimum atomic E-state index is -0.248. The largest absolute Gasteiger partial charge is 0.512 e. The van der Waals surface area contributed by atoms with Crippen molar-refractivity contribution in [1.29, 1.82) is 0 Å². The van der Waals surface area contributed by atoms with Gasteiger partial charge < -0.3 is 9.84 Å². The summed E-state index contributed by atoms with van der Waals surface area (Å²) in [6, 6.07) is 18.6. The Bertz CT molecular complexity index is 1660. The fraction of sp³-hybridized carbons (Fsp3) is 0.450. The maximum absolute atomic E-state index is 11.9. The Labute approximate surface area is 284 Å². The first-order valence-electron chi connectivity index (χ1n) is 16.5. The zero-order chi connectivity index (χ0) is 32.2. The maximum atomic E-state index is 11.9. The van der Waals surface area contributed by atoms with Crippen molar-refractivity contribution in [3.05, 3.63) is 77.7 Å². The van der Waals surface area contributed by atoms with Crippen LogP contribution in [0.15, 0.2) is 60.5 Å². The molecule has 2 heterocycles. The molecule has 1 aliphatic heterocycles. The molecular formula is C40H50IrNO3-. The van der Waals surface area contributed by atoms with E-state index in [1.165, 1.54) is 28.0 Å². The molecule has 5 rings (SSSR count). The molecule has 0 bridgehead atoms. The summed E-state index contributed by atoms with van der Waals surface area (Å²) >= 11 is 0. The zero-order valence-electron chi connectivity index (χ0n) is 28.5. The van der Waals surface area contributed by atoms with Crippen LogP contribution in [0.25, 0.3) is 32.8 Å². The minimum Gasteiger partial charge on any atom is -0.512 e. The molecular weight excluding hydrogens is 735 g/mol. The molecule has 5 heteroatoms. The molecule has 3 aromatic carbocycles. The van der Waals surface area contributed by atoms with Crippen molar-refractivity contribution < 1.29 is 34.7 Å². The standard InChI is InChI=1S/C26H24NO.C14H26O2.Ir/c1-15(2)11-17-12-19-9-10-27-25-21-14-18-7-5-6-8-20(18)23(16(3)4)26(21)28-22(13-17)24(19)25;1-6-11(7-2)12(15)10-13(16)14(5,8-3)9-4;/h5-10,12-13,15-16H,11H2,1-4H3;10-11,16H,6-9H2,1-5H3;/q-1;;/b;13-10-;. The summed E-state index contributed by atoms with van der Waals surface area (Å²) in [5.41, 5.74) is 4.27. The number of allylic oxidation sites excluding steroid dienone is 2. The van der Waals surface area contributed by atoms with Crippen LogP contribution in [0.1, 0.15) is 105 Å². The van der Waals surface area contributed by atoms with Crippen molar-refractivity contribution in [1.82, 2.24) is 4.98 Å². The smallest absolute Gasteiger partial charge is 0.162 e. The number of aliphatic hydroxyl groups is 1. The molecule has 0 amide bonds. The molecule has 243 valence electrons. The van der Waals surface area contributed by atoms with Crippen LogP contribution in [0.2, 0.25) is 0 Å². The SMILES string of the molecule is CC(C)Cc1cc2c3c(nccc3c1)-c1[c-]c3ccccc3c(C(C)C)c1O2.CCC(CC)C(=O)/C=C(\O)C(C)(CC)CC.[Ir]. The quantitative estimate of drug-likeness (QED) is 0.0870. The van der Waals surface area contributed by atoms with Crippen LogP contribution in [-0.4, -0.2) is 15.9 Å². The normalized spacial score (nSPS) is 12.6. The number of carbonyl (C=O) groups excluding carboxylic acids is 1. The molecule has 45 heavy (non-hydrogen) atoms. The number of ketones is 1. The number of hydrogen-bond acceptors (Lipinski definition) is 4. The van der Waals surface area contributed by atoms with E-state index in [4.69, 9.17) is 9.72 Å². The summed E-state index contributed by atoms with van der Waals surface area (Å²) in [4.78, 5) is 16.6. The number of aromatic nitrogens is 1. The Morgan fingerprint density at radius 2 is 1.69 bits per heavy atom. The Morgan fingerprint density at radius 1 is 1.02 bits per heavy atom. The first kappa shape index (κ1) is 36.5. The number of carbonyl (C=O) groups is 1. The van der Waals surface area contributed by atoms with Crippen molar-refractivity contribution in [2.45, 2.75) is 100 Å². The Kier molecular flexibility index (Phi) is 12.6. The van der Waals surface area contributed by atoms with Crippen LogP contribution in [0.3, 0.4) is 0 Å². The van der Waals surface area contributed by atoms with Crippen molar-refractivity contribution >= 4 is 27.3 Å². The van der Waals surface area contributed by atoms with E-state index < -0.39 is 0 Å². The molecule has 1 radical (unpaired) electrons. The molecule has 1 aromatic heterocycles. The van der Waals surface area contributed by atoms with Gasteiger partial charge in [0.2, 0.25) is 0 Å². The third-order valence-corrected chi connectivity index (χ3v) is 9.35. The number of pyridine rings is 1. The van der Waals surface area contributed by atoms with Gasteiger partial charge in [0.15, 0.2) is 5.78 Å². The second kappa shape index (κ2) is 15.5. The second-order valence-electron chi connectivity index (χ2n) is 13.2. The summed E-state index contributed by atoms with van der Waals surface area (Å²) in [7, 11) is 0. The summed E-state index contributed by atoms with van der Waals surface area (Å²) in [6.07, 6.45) is 7.78. The molecule has 0 spiro atoms. The van der Waals surface area contributed by atoms with E-state index >= 15 is 0 Å². The van der Waals surface area contributed by atoms with Gasteiger partial charge in [-0.1, -0.05) is 103 Å². The van der Waals surface area contributed by atoms with Gasteiger partial charge in [0.05, 0.1) is 5.75 Å². The zero-order valence-corrected chi connectivity index (χ0v) is 30.9. The Balaban J connectivity index is 0.000000282. The average molecular weight is 785 g/mol.